The number of hydrogen-bond acceptors (Lipinski definition) is 4. The zero-order chi connectivity index (χ0) is 17.1. The molecule has 0 heterocycles. The van der Waals surface area contributed by atoms with E-state index in [1.807, 2.05) is 0 Å². The van der Waals surface area contributed by atoms with Crippen LogP contribution in [0.1, 0.15) is 5.56 Å². The van der Waals surface area contributed by atoms with Crippen molar-refractivity contribution in [3.63, 3.8) is 0 Å². The molecule has 0 bridgehead atoms. The molecule has 7 heteroatoms. The zero-order valence-electron chi connectivity index (χ0n) is 11.9. The number of amides is 2. The summed E-state index contributed by atoms with van der Waals surface area (Å²) >= 11 is 0. The van der Waals surface area contributed by atoms with E-state index in [1.54, 1.807) is 42.5 Å². The van der Waals surface area contributed by atoms with Crippen molar-refractivity contribution in [3.8, 4) is 6.07 Å². The highest BCUT2D eigenvalue weighted by atomic mass is 16.4. The van der Waals surface area contributed by atoms with Gasteiger partial charge < -0.3 is 15.7 Å². The number of aliphatic carboxylic acids is 1. The van der Waals surface area contributed by atoms with Crippen LogP contribution in [-0.4, -0.2) is 23.9 Å². The van der Waals surface area contributed by atoms with E-state index in [-0.39, 0.29) is 5.57 Å². The molecule has 116 valence electrons. The van der Waals surface area contributed by atoms with Crippen LogP contribution in [0.2, 0.25) is 0 Å². The summed E-state index contributed by atoms with van der Waals surface area (Å²) in [6.45, 7) is 0. The first kappa shape index (κ1) is 17.4. The maximum atomic E-state index is 10.6. The average molecular weight is 311 g/mol. The van der Waals surface area contributed by atoms with Crippen LogP contribution in [0.15, 0.2) is 48.1 Å². The third-order valence-corrected chi connectivity index (χ3v) is 2.61. The second-order valence-electron chi connectivity index (χ2n) is 4.07. The van der Waals surface area contributed by atoms with Gasteiger partial charge in [-0.1, -0.05) is 30.4 Å². The van der Waals surface area contributed by atoms with Crippen molar-refractivity contribution in [1.29, 1.82) is 5.26 Å². The van der Waals surface area contributed by atoms with Crippen LogP contribution in [0.3, 0.4) is 0 Å². The van der Waals surface area contributed by atoms with Crippen molar-refractivity contribution in [1.82, 2.24) is 0 Å². The molecule has 0 aliphatic rings. The molecule has 0 aromatic heterocycles. The molecule has 0 saturated carbocycles. The molecular weight excluding hydrogens is 298 g/mol. The lowest BCUT2D eigenvalue weighted by atomic mass is 10.1. The first-order valence-electron chi connectivity index (χ1n) is 6.35. The highest BCUT2D eigenvalue weighted by molar-refractivity contribution is 5.91. The number of hydrogen-bond donors (Lipinski definition) is 3. The van der Waals surface area contributed by atoms with Gasteiger partial charge in [0.2, 0.25) is 12.8 Å². The Hall–Kier alpha value is -3.66. The topological polar surface area (TPSA) is 119 Å². The lowest BCUT2D eigenvalue weighted by Gasteiger charge is -2.06. The number of anilines is 2. The van der Waals surface area contributed by atoms with E-state index in [4.69, 9.17) is 10.4 Å². The van der Waals surface area contributed by atoms with Gasteiger partial charge >= 0.3 is 5.97 Å². The van der Waals surface area contributed by atoms with Crippen molar-refractivity contribution in [3.05, 3.63) is 53.6 Å². The first-order chi connectivity index (χ1) is 11.1. The monoisotopic (exact) mass is 311 g/mol. The van der Waals surface area contributed by atoms with Crippen molar-refractivity contribution in [2.45, 2.75) is 0 Å². The Kier molecular flexibility index (Phi) is 7.04. The van der Waals surface area contributed by atoms with Gasteiger partial charge in [0.25, 0.3) is 0 Å². The number of nitrogens with zero attached hydrogens (tertiary/aromatic N) is 1. The third kappa shape index (κ3) is 5.69. The van der Waals surface area contributed by atoms with E-state index < -0.39 is 5.97 Å². The highest BCUT2D eigenvalue weighted by Crippen LogP contribution is 2.21. The van der Waals surface area contributed by atoms with Gasteiger partial charge in [0.05, 0.1) is 0 Å². The molecule has 0 aliphatic carbocycles. The Morgan fingerprint density at radius 1 is 1.13 bits per heavy atom. The number of allylic oxidation sites excluding steroid dienone is 4. The highest BCUT2D eigenvalue weighted by Gasteiger charge is 2.02. The molecule has 7 nitrogen and oxygen atoms in total. The minimum Gasteiger partial charge on any atom is -0.477 e. The lowest BCUT2D eigenvalue weighted by Crippen LogP contribution is -1.99. The standard InChI is InChI=1S/C16H13N3O4/c17-9-13(16(22)23)5-3-1-2-4-12-6-7-14(18-10-20)8-15(12)19-11-21/h1-8,10-11H,(H,18,20)(H,19,21)(H,22,23). The van der Waals surface area contributed by atoms with Crippen molar-refractivity contribution in [2.24, 2.45) is 0 Å². The number of carbonyl (C=O) groups is 3. The second kappa shape index (κ2) is 9.31. The SMILES string of the molecule is N#CC(=CC=CC=Cc1ccc(NC=O)cc1NC=O)C(=O)O. The number of carboxylic acids is 1. The fourth-order valence-corrected chi connectivity index (χ4v) is 1.58. The second-order valence-corrected chi connectivity index (χ2v) is 4.07. The van der Waals surface area contributed by atoms with E-state index in [1.165, 1.54) is 12.2 Å². The Balaban J connectivity index is 2.91. The molecule has 0 aliphatic heterocycles. The third-order valence-electron chi connectivity index (χ3n) is 2.61. The smallest absolute Gasteiger partial charge is 0.346 e. The molecule has 2 amide bonds. The van der Waals surface area contributed by atoms with Gasteiger partial charge in [-0.25, -0.2) is 4.79 Å². The average Bonchev–Trinajstić information content (AvgIpc) is 2.52. The van der Waals surface area contributed by atoms with Crippen LogP contribution in [-0.2, 0) is 14.4 Å². The molecular formula is C16H13N3O4. The molecule has 0 spiro atoms. The fraction of sp³-hybridized carbons (Fsp3) is 0. The molecule has 1 aromatic carbocycles. The van der Waals surface area contributed by atoms with Crippen LogP contribution in [0.4, 0.5) is 11.4 Å². The predicted molar refractivity (Wildman–Crippen MR) is 85.3 cm³/mol. The molecule has 1 rings (SSSR count). The van der Waals surface area contributed by atoms with Gasteiger partial charge in [-0.2, -0.15) is 5.26 Å². The van der Waals surface area contributed by atoms with Gasteiger partial charge in [-0.3, -0.25) is 9.59 Å². The van der Waals surface area contributed by atoms with E-state index >= 15 is 0 Å². The van der Waals surface area contributed by atoms with Crippen LogP contribution in [0, 0.1) is 11.3 Å². The van der Waals surface area contributed by atoms with Crippen LogP contribution >= 0.6 is 0 Å². The number of carboxylic acid groups (broad SMARTS) is 1. The Morgan fingerprint density at radius 2 is 1.87 bits per heavy atom. The first-order valence-corrected chi connectivity index (χ1v) is 6.35. The summed E-state index contributed by atoms with van der Waals surface area (Å²) in [6, 6.07) is 6.49. The molecule has 0 atom stereocenters. The van der Waals surface area contributed by atoms with E-state index in [0.29, 0.717) is 29.8 Å². The summed E-state index contributed by atoms with van der Waals surface area (Å²) < 4.78 is 0. The van der Waals surface area contributed by atoms with Crippen LogP contribution in [0.25, 0.3) is 6.08 Å². The molecule has 0 unspecified atom stereocenters. The minimum atomic E-state index is -1.29. The van der Waals surface area contributed by atoms with Crippen molar-refractivity contribution < 1.29 is 19.5 Å². The molecule has 0 saturated heterocycles. The zero-order valence-corrected chi connectivity index (χ0v) is 11.9. The summed E-state index contributed by atoms with van der Waals surface area (Å²) in [5, 5.41) is 22.2. The summed E-state index contributed by atoms with van der Waals surface area (Å²) in [7, 11) is 0. The molecule has 3 N–H and O–H groups in total. The van der Waals surface area contributed by atoms with Gasteiger partial charge in [0.1, 0.15) is 11.6 Å². The number of carbonyl (C=O) groups excluding carboxylic acids is 2. The predicted octanol–water partition coefficient (Wildman–Crippen LogP) is 1.93. The molecule has 0 radical (unpaired) electrons. The van der Waals surface area contributed by atoms with Gasteiger partial charge in [0, 0.05) is 11.4 Å². The minimum absolute atomic E-state index is 0.373. The summed E-state index contributed by atoms with van der Waals surface area (Å²) in [5.41, 5.74) is 1.33. The normalized spacial score (nSPS) is 11.2. The quantitative estimate of drug-likeness (QED) is 0.293. The fourth-order valence-electron chi connectivity index (χ4n) is 1.58. The van der Waals surface area contributed by atoms with Crippen LogP contribution in [0.5, 0.6) is 0 Å². The Morgan fingerprint density at radius 3 is 2.48 bits per heavy atom. The number of rotatable bonds is 8. The Bertz CT molecular complexity index is 727. The molecule has 1 aromatic rings. The van der Waals surface area contributed by atoms with Crippen molar-refractivity contribution >= 4 is 36.2 Å². The van der Waals surface area contributed by atoms with Gasteiger partial charge in [-0.15, -0.1) is 0 Å². The molecule has 0 fully saturated rings. The summed E-state index contributed by atoms with van der Waals surface area (Å²) in [5.74, 6) is -1.29. The number of nitriles is 1. The molecule has 23 heavy (non-hydrogen) atoms. The Labute approximate surface area is 132 Å². The van der Waals surface area contributed by atoms with Gasteiger partial charge in [0.15, 0.2) is 0 Å². The lowest BCUT2D eigenvalue weighted by molar-refractivity contribution is -0.132. The largest absolute Gasteiger partial charge is 0.477 e. The van der Waals surface area contributed by atoms with Crippen LogP contribution < -0.4 is 10.6 Å². The van der Waals surface area contributed by atoms with E-state index in [0.717, 1.165) is 0 Å². The van der Waals surface area contributed by atoms with Gasteiger partial charge in [-0.05, 0) is 23.8 Å². The summed E-state index contributed by atoms with van der Waals surface area (Å²) in [4.78, 5) is 31.6. The number of benzene rings is 1. The summed E-state index contributed by atoms with van der Waals surface area (Å²) in [6.07, 6.45) is 8.47. The maximum Gasteiger partial charge on any atom is 0.346 e. The van der Waals surface area contributed by atoms with E-state index in [2.05, 4.69) is 10.6 Å². The van der Waals surface area contributed by atoms with Crippen molar-refractivity contribution in [2.75, 3.05) is 10.6 Å². The van der Waals surface area contributed by atoms with E-state index in [9.17, 15) is 14.4 Å². The number of nitrogens with one attached hydrogen (secondary N) is 2. The maximum absolute atomic E-state index is 10.6.